The molecular weight excluding hydrogens is 530 g/mol. The summed E-state index contributed by atoms with van der Waals surface area (Å²) < 4.78 is 12.1. The van der Waals surface area contributed by atoms with Crippen molar-refractivity contribution in [2.45, 2.75) is 31.4 Å². The number of rotatable bonds is 9. The van der Waals surface area contributed by atoms with E-state index in [2.05, 4.69) is 10.2 Å². The van der Waals surface area contributed by atoms with Gasteiger partial charge in [0.1, 0.15) is 18.1 Å². The van der Waals surface area contributed by atoms with Crippen LogP contribution in [-0.4, -0.2) is 73.5 Å². The van der Waals surface area contributed by atoms with Gasteiger partial charge in [-0.2, -0.15) is 0 Å². The molecule has 2 bridgehead atoms. The molecule has 3 aliphatic heterocycles. The summed E-state index contributed by atoms with van der Waals surface area (Å²) in [4.78, 5) is 41.0. The average molecular weight is 568 g/mol. The zero-order valence-corrected chi connectivity index (χ0v) is 23.7. The molecule has 0 aliphatic carbocycles. The molecule has 2 unspecified atom stereocenters. The third-order valence-electron chi connectivity index (χ3n) is 8.80. The van der Waals surface area contributed by atoms with Crippen LogP contribution >= 0.6 is 0 Å². The molecule has 3 heterocycles. The molecule has 42 heavy (non-hydrogen) atoms. The van der Waals surface area contributed by atoms with Gasteiger partial charge in [0, 0.05) is 43.2 Å². The normalized spacial score (nSPS) is 22.4. The second-order valence-electron chi connectivity index (χ2n) is 11.6. The van der Waals surface area contributed by atoms with Crippen LogP contribution in [0, 0.1) is 11.8 Å². The minimum absolute atomic E-state index is 0.00422. The number of ether oxygens (including phenoxy) is 2. The van der Waals surface area contributed by atoms with E-state index < -0.39 is 6.09 Å². The van der Waals surface area contributed by atoms with Gasteiger partial charge in [0.2, 0.25) is 0 Å². The lowest BCUT2D eigenvalue weighted by atomic mass is 9.97. The summed E-state index contributed by atoms with van der Waals surface area (Å²) in [7, 11) is 0. The van der Waals surface area contributed by atoms with Gasteiger partial charge in [-0.05, 0) is 67.1 Å². The number of likely N-dealkylation sites (tertiary alicyclic amines) is 1. The molecule has 2 amide bonds. The molecule has 0 saturated carbocycles. The van der Waals surface area contributed by atoms with Gasteiger partial charge in [-0.15, -0.1) is 0 Å². The van der Waals surface area contributed by atoms with Crippen molar-refractivity contribution in [1.29, 1.82) is 0 Å². The smallest absolute Gasteiger partial charge is 0.408 e. The number of carbonyl (C=O) groups is 3. The molecule has 8 heteroatoms. The first-order chi connectivity index (χ1) is 20.6. The molecule has 3 fully saturated rings. The summed E-state index contributed by atoms with van der Waals surface area (Å²) in [6.45, 7) is 4.84. The molecule has 0 radical (unpaired) electrons. The molecule has 3 saturated heterocycles. The van der Waals surface area contributed by atoms with Crippen molar-refractivity contribution in [3.05, 3.63) is 101 Å². The van der Waals surface area contributed by atoms with Crippen molar-refractivity contribution in [2.75, 3.05) is 39.3 Å². The van der Waals surface area contributed by atoms with Crippen LogP contribution in [0.4, 0.5) is 4.79 Å². The number of aldehydes is 1. The molecule has 1 N–H and O–H groups in total. The lowest BCUT2D eigenvalue weighted by Crippen LogP contribution is -2.39. The summed E-state index contributed by atoms with van der Waals surface area (Å²) in [6.07, 6.45) is 3.14. The largest absolute Gasteiger partial charge is 0.493 e. The number of fused-ring (bicyclic) bond motifs is 2. The van der Waals surface area contributed by atoms with Gasteiger partial charge in [0.25, 0.3) is 5.91 Å². The zero-order chi connectivity index (χ0) is 28.9. The van der Waals surface area contributed by atoms with Gasteiger partial charge in [0.05, 0.1) is 12.6 Å². The van der Waals surface area contributed by atoms with Crippen LogP contribution < -0.4 is 10.1 Å². The Bertz CT molecular complexity index is 1390. The Kier molecular flexibility index (Phi) is 8.51. The summed E-state index contributed by atoms with van der Waals surface area (Å²) in [5.41, 5.74) is 3.06. The minimum atomic E-state index is -0.394. The standard InChI is InChI=1S/C34H37N3O5/c38-22-24-9-11-27(12-10-24)33(39)37-17-13-25(14-18-37)23-41-30-8-4-7-28(19-30)32(26-5-2-1-3-6-26)35-34(40)42-31-21-36-16-15-29(31)20-36/h1-12,19,22,25,29,31-32H,13-18,20-21,23H2,(H,35,40)/t29?,31-,32-/m0/s1. The number of nitrogens with zero attached hydrogens (tertiary/aromatic N) is 2. The van der Waals surface area contributed by atoms with Crippen LogP contribution in [0.2, 0.25) is 0 Å². The third-order valence-corrected chi connectivity index (χ3v) is 8.80. The van der Waals surface area contributed by atoms with Crippen LogP contribution in [0.15, 0.2) is 78.9 Å². The first kappa shape index (κ1) is 28.0. The van der Waals surface area contributed by atoms with Gasteiger partial charge < -0.3 is 19.7 Å². The number of hydrogen-bond donors (Lipinski definition) is 1. The highest BCUT2D eigenvalue weighted by Crippen LogP contribution is 2.31. The van der Waals surface area contributed by atoms with E-state index in [1.165, 1.54) is 0 Å². The predicted molar refractivity (Wildman–Crippen MR) is 159 cm³/mol. The van der Waals surface area contributed by atoms with Crippen LogP contribution in [0.5, 0.6) is 5.75 Å². The van der Waals surface area contributed by atoms with Gasteiger partial charge in [0.15, 0.2) is 0 Å². The molecular formula is C34H37N3O5. The lowest BCUT2D eigenvalue weighted by Gasteiger charge is -2.32. The van der Waals surface area contributed by atoms with Gasteiger partial charge in [-0.25, -0.2) is 4.79 Å². The van der Waals surface area contributed by atoms with Gasteiger partial charge >= 0.3 is 6.09 Å². The highest BCUT2D eigenvalue weighted by atomic mass is 16.6. The molecule has 4 atom stereocenters. The Morgan fingerprint density at radius 2 is 1.64 bits per heavy atom. The second-order valence-corrected chi connectivity index (χ2v) is 11.6. The van der Waals surface area contributed by atoms with E-state index in [-0.39, 0.29) is 18.1 Å². The van der Waals surface area contributed by atoms with E-state index in [1.807, 2.05) is 59.5 Å². The minimum Gasteiger partial charge on any atom is -0.493 e. The van der Waals surface area contributed by atoms with E-state index in [1.54, 1.807) is 24.3 Å². The van der Waals surface area contributed by atoms with Crippen molar-refractivity contribution in [1.82, 2.24) is 15.1 Å². The number of nitrogens with one attached hydrogen (secondary N) is 1. The highest BCUT2D eigenvalue weighted by molar-refractivity contribution is 5.95. The Hall–Kier alpha value is -4.17. The number of hydrogen-bond acceptors (Lipinski definition) is 6. The van der Waals surface area contributed by atoms with Crippen LogP contribution in [0.3, 0.4) is 0 Å². The summed E-state index contributed by atoms with van der Waals surface area (Å²) in [5.74, 6) is 1.52. The lowest BCUT2D eigenvalue weighted by molar-refractivity contribution is 0.0659. The molecule has 3 aliphatic rings. The molecule has 218 valence electrons. The van der Waals surface area contributed by atoms with Gasteiger partial charge in [-0.1, -0.05) is 54.6 Å². The first-order valence-electron chi connectivity index (χ1n) is 14.9. The highest BCUT2D eigenvalue weighted by Gasteiger charge is 2.40. The first-order valence-corrected chi connectivity index (χ1v) is 14.9. The summed E-state index contributed by atoms with van der Waals surface area (Å²) in [5, 5.41) is 3.11. The van der Waals surface area contributed by atoms with Crippen LogP contribution in [0.1, 0.15) is 57.1 Å². The molecule has 8 nitrogen and oxygen atoms in total. The fourth-order valence-corrected chi connectivity index (χ4v) is 6.35. The second kappa shape index (κ2) is 12.8. The fourth-order valence-electron chi connectivity index (χ4n) is 6.35. The number of alkyl carbamates (subject to hydrolysis) is 1. The summed E-state index contributed by atoms with van der Waals surface area (Å²) >= 11 is 0. The Balaban J connectivity index is 1.05. The van der Waals surface area contributed by atoms with Crippen molar-refractivity contribution >= 4 is 18.3 Å². The Morgan fingerprint density at radius 1 is 0.881 bits per heavy atom. The zero-order valence-electron chi connectivity index (χ0n) is 23.7. The number of amides is 2. The van der Waals surface area contributed by atoms with E-state index in [4.69, 9.17) is 9.47 Å². The van der Waals surface area contributed by atoms with E-state index >= 15 is 0 Å². The summed E-state index contributed by atoms with van der Waals surface area (Å²) in [6, 6.07) is 24.2. The number of piperidine rings is 2. The Morgan fingerprint density at radius 3 is 2.33 bits per heavy atom. The van der Waals surface area contributed by atoms with Gasteiger partial charge in [-0.3, -0.25) is 14.5 Å². The quantitative estimate of drug-likeness (QED) is 0.368. The van der Waals surface area contributed by atoms with Crippen molar-refractivity contribution < 1.29 is 23.9 Å². The molecule has 3 aromatic rings. The third kappa shape index (κ3) is 6.49. The topological polar surface area (TPSA) is 88.2 Å². The molecule has 6 rings (SSSR count). The van der Waals surface area contributed by atoms with E-state index in [0.29, 0.717) is 42.7 Å². The maximum absolute atomic E-state index is 13.0. The van der Waals surface area contributed by atoms with E-state index in [9.17, 15) is 14.4 Å². The SMILES string of the molecule is O=Cc1ccc(C(=O)N2CCC(COc3cccc([C@@H](NC(=O)O[C@H]4CN5CCC4C5)c4ccccc4)c3)CC2)cc1. The number of benzene rings is 3. The van der Waals surface area contributed by atoms with E-state index in [0.717, 1.165) is 62.1 Å². The van der Waals surface area contributed by atoms with Crippen molar-refractivity contribution in [3.63, 3.8) is 0 Å². The Labute approximate surface area is 246 Å². The van der Waals surface area contributed by atoms with Crippen molar-refractivity contribution in [3.8, 4) is 5.75 Å². The van der Waals surface area contributed by atoms with Crippen LogP contribution in [0.25, 0.3) is 0 Å². The maximum atomic E-state index is 13.0. The average Bonchev–Trinajstić information content (AvgIpc) is 3.67. The molecule has 0 aromatic heterocycles. The van der Waals surface area contributed by atoms with Crippen molar-refractivity contribution in [2.24, 2.45) is 11.8 Å². The fraction of sp³-hybridized carbons (Fsp3) is 0.382. The molecule has 0 spiro atoms. The molecule has 3 aromatic carbocycles. The monoisotopic (exact) mass is 567 g/mol. The maximum Gasteiger partial charge on any atom is 0.408 e. The van der Waals surface area contributed by atoms with Crippen LogP contribution in [-0.2, 0) is 4.74 Å². The number of carbonyl (C=O) groups excluding carboxylic acids is 3. The predicted octanol–water partition coefficient (Wildman–Crippen LogP) is 4.95.